The summed E-state index contributed by atoms with van der Waals surface area (Å²) < 4.78 is 0. The lowest BCUT2D eigenvalue weighted by Crippen LogP contribution is -2.44. The van der Waals surface area contributed by atoms with Crippen LogP contribution in [0.1, 0.15) is 36.6 Å². The molecule has 0 unspecified atom stereocenters. The van der Waals surface area contributed by atoms with Gasteiger partial charge in [0.15, 0.2) is 5.96 Å². The SMILES string of the molecule is CCNC(=NCc1ccc(CN2CCCC2)cc1)NCC(=O)N(C)CCc1ccccn1.I. The van der Waals surface area contributed by atoms with E-state index in [4.69, 9.17) is 0 Å². The number of halogens is 1. The normalized spacial score (nSPS) is 13.9. The van der Waals surface area contributed by atoms with Crippen LogP contribution in [-0.4, -0.2) is 66.4 Å². The molecule has 1 fully saturated rings. The molecule has 0 saturated carbocycles. The number of guanidine groups is 1. The lowest BCUT2D eigenvalue weighted by Gasteiger charge is -2.18. The molecule has 0 aliphatic carbocycles. The fourth-order valence-corrected chi connectivity index (χ4v) is 3.71. The van der Waals surface area contributed by atoms with Crippen LogP contribution >= 0.6 is 24.0 Å². The first kappa shape index (κ1) is 27.0. The lowest BCUT2D eigenvalue weighted by atomic mass is 10.1. The van der Waals surface area contributed by atoms with E-state index in [1.165, 1.54) is 31.5 Å². The molecule has 0 spiro atoms. The highest BCUT2D eigenvalue weighted by Gasteiger charge is 2.12. The van der Waals surface area contributed by atoms with Crippen molar-refractivity contribution < 1.29 is 4.79 Å². The number of amides is 1. The molecule has 1 amide bonds. The number of likely N-dealkylation sites (tertiary alicyclic amines) is 1. The Morgan fingerprint density at radius 1 is 1.09 bits per heavy atom. The van der Waals surface area contributed by atoms with Crippen LogP contribution in [-0.2, 0) is 24.3 Å². The Morgan fingerprint density at radius 2 is 1.82 bits per heavy atom. The molecule has 1 aliphatic heterocycles. The van der Waals surface area contributed by atoms with E-state index in [-0.39, 0.29) is 36.4 Å². The molecule has 8 heteroatoms. The number of likely N-dealkylation sites (N-methyl/N-ethyl adjacent to an activating group) is 1. The first-order chi connectivity index (χ1) is 15.6. The Hall–Kier alpha value is -2.20. The highest BCUT2D eigenvalue weighted by Crippen LogP contribution is 2.13. The summed E-state index contributed by atoms with van der Waals surface area (Å²) >= 11 is 0. The highest BCUT2D eigenvalue weighted by molar-refractivity contribution is 14.0. The van der Waals surface area contributed by atoms with Gasteiger partial charge in [0.05, 0.1) is 13.1 Å². The van der Waals surface area contributed by atoms with E-state index >= 15 is 0 Å². The van der Waals surface area contributed by atoms with Crippen LogP contribution in [0.5, 0.6) is 0 Å². The van der Waals surface area contributed by atoms with E-state index in [0.717, 1.165) is 30.8 Å². The summed E-state index contributed by atoms with van der Waals surface area (Å²) in [6, 6.07) is 14.5. The minimum atomic E-state index is 0. The number of pyridine rings is 1. The number of aromatic nitrogens is 1. The van der Waals surface area contributed by atoms with E-state index in [2.05, 4.69) is 49.8 Å². The molecule has 7 nitrogen and oxygen atoms in total. The predicted molar refractivity (Wildman–Crippen MR) is 145 cm³/mol. The molecular weight excluding hydrogens is 527 g/mol. The van der Waals surface area contributed by atoms with Crippen molar-refractivity contribution in [3.05, 3.63) is 65.5 Å². The van der Waals surface area contributed by atoms with Gasteiger partial charge >= 0.3 is 0 Å². The number of rotatable bonds is 10. The molecule has 1 aromatic carbocycles. The Morgan fingerprint density at radius 3 is 2.48 bits per heavy atom. The standard InChI is InChI=1S/C25H36N6O.HI/c1-3-26-25(29-19-24(32)30(2)17-13-23-8-4-5-14-27-23)28-18-21-9-11-22(12-10-21)20-31-15-6-7-16-31;/h4-5,8-12,14H,3,6-7,13,15-20H2,1-2H3,(H2,26,28,29);1H. The molecule has 2 aromatic rings. The molecule has 2 N–H and O–H groups in total. The Bertz CT molecular complexity index is 853. The lowest BCUT2D eigenvalue weighted by molar-refractivity contribution is -0.128. The molecule has 1 saturated heterocycles. The van der Waals surface area contributed by atoms with E-state index in [0.29, 0.717) is 19.0 Å². The van der Waals surface area contributed by atoms with Gasteiger partial charge in [0.2, 0.25) is 5.91 Å². The van der Waals surface area contributed by atoms with Crippen LogP contribution in [0, 0.1) is 0 Å². The smallest absolute Gasteiger partial charge is 0.241 e. The third-order valence-corrected chi connectivity index (χ3v) is 5.65. The van der Waals surface area contributed by atoms with Crippen molar-refractivity contribution in [3.8, 4) is 0 Å². The average Bonchev–Trinajstić information content (AvgIpc) is 3.33. The van der Waals surface area contributed by atoms with E-state index in [1.807, 2.05) is 32.2 Å². The first-order valence-corrected chi connectivity index (χ1v) is 11.6. The highest BCUT2D eigenvalue weighted by atomic mass is 127. The molecule has 33 heavy (non-hydrogen) atoms. The number of benzene rings is 1. The summed E-state index contributed by atoms with van der Waals surface area (Å²) in [5.74, 6) is 0.679. The van der Waals surface area contributed by atoms with Crippen LogP contribution in [0.3, 0.4) is 0 Å². The summed E-state index contributed by atoms with van der Waals surface area (Å²) in [5, 5.41) is 6.37. The molecule has 1 aliphatic rings. The summed E-state index contributed by atoms with van der Waals surface area (Å²) in [7, 11) is 1.82. The van der Waals surface area contributed by atoms with Crippen LogP contribution in [0.2, 0.25) is 0 Å². The number of carbonyl (C=O) groups excluding carboxylic acids is 1. The van der Waals surface area contributed by atoms with Gasteiger partial charge in [0.1, 0.15) is 0 Å². The molecule has 3 rings (SSSR count). The molecule has 180 valence electrons. The second-order valence-corrected chi connectivity index (χ2v) is 8.23. The van der Waals surface area contributed by atoms with Crippen LogP contribution < -0.4 is 10.6 Å². The number of carbonyl (C=O) groups is 1. The molecule has 1 aromatic heterocycles. The number of hydrogen-bond donors (Lipinski definition) is 2. The van der Waals surface area contributed by atoms with Gasteiger partial charge in [-0.15, -0.1) is 24.0 Å². The molecule has 0 radical (unpaired) electrons. The zero-order valence-corrected chi connectivity index (χ0v) is 22.1. The number of hydrogen-bond acceptors (Lipinski definition) is 4. The van der Waals surface area contributed by atoms with Crippen molar-refractivity contribution >= 4 is 35.8 Å². The summed E-state index contributed by atoms with van der Waals surface area (Å²) in [6.07, 6.45) is 5.15. The largest absolute Gasteiger partial charge is 0.357 e. The van der Waals surface area contributed by atoms with Crippen molar-refractivity contribution in [1.29, 1.82) is 0 Å². The maximum absolute atomic E-state index is 12.5. The Balaban J connectivity index is 0.00000385. The molecule has 0 bridgehead atoms. The third kappa shape index (κ3) is 9.67. The average molecular weight is 565 g/mol. The van der Waals surface area contributed by atoms with Gasteiger partial charge in [0.25, 0.3) is 0 Å². The van der Waals surface area contributed by atoms with Crippen molar-refractivity contribution in [2.45, 2.75) is 39.3 Å². The van der Waals surface area contributed by atoms with Gasteiger partial charge in [-0.2, -0.15) is 0 Å². The van der Waals surface area contributed by atoms with Gasteiger partial charge in [-0.25, -0.2) is 4.99 Å². The molecule has 0 atom stereocenters. The van der Waals surface area contributed by atoms with Crippen molar-refractivity contribution in [2.24, 2.45) is 4.99 Å². The minimum Gasteiger partial charge on any atom is -0.357 e. The summed E-state index contributed by atoms with van der Waals surface area (Å²) in [4.78, 5) is 25.7. The Labute approximate surface area is 215 Å². The third-order valence-electron chi connectivity index (χ3n) is 5.65. The van der Waals surface area contributed by atoms with Crippen molar-refractivity contribution in [1.82, 2.24) is 25.4 Å². The monoisotopic (exact) mass is 564 g/mol. The van der Waals surface area contributed by atoms with E-state index in [9.17, 15) is 4.79 Å². The minimum absolute atomic E-state index is 0. The van der Waals surface area contributed by atoms with E-state index < -0.39 is 0 Å². The summed E-state index contributed by atoms with van der Waals surface area (Å²) in [6.45, 7) is 7.62. The van der Waals surface area contributed by atoms with Gasteiger partial charge in [0, 0.05) is 45.0 Å². The summed E-state index contributed by atoms with van der Waals surface area (Å²) in [5.41, 5.74) is 3.50. The van der Waals surface area contributed by atoms with E-state index in [1.54, 1.807) is 11.1 Å². The fourth-order valence-electron chi connectivity index (χ4n) is 3.71. The van der Waals surface area contributed by atoms with Crippen molar-refractivity contribution in [3.63, 3.8) is 0 Å². The maximum Gasteiger partial charge on any atom is 0.241 e. The Kier molecular flexibility index (Phi) is 12.2. The van der Waals surface area contributed by atoms with Gasteiger partial charge in [-0.3, -0.25) is 14.7 Å². The van der Waals surface area contributed by atoms with Crippen LogP contribution in [0.4, 0.5) is 0 Å². The topological polar surface area (TPSA) is 72.9 Å². The number of nitrogens with zero attached hydrogens (tertiary/aromatic N) is 4. The second-order valence-electron chi connectivity index (χ2n) is 8.23. The van der Waals surface area contributed by atoms with Gasteiger partial charge in [-0.1, -0.05) is 30.3 Å². The fraction of sp³-hybridized carbons (Fsp3) is 0.480. The zero-order chi connectivity index (χ0) is 22.6. The number of nitrogens with one attached hydrogen (secondary N) is 2. The van der Waals surface area contributed by atoms with Crippen molar-refractivity contribution in [2.75, 3.05) is 39.8 Å². The number of aliphatic imine (C=N–C) groups is 1. The quantitative estimate of drug-likeness (QED) is 0.264. The molecule has 2 heterocycles. The van der Waals surface area contributed by atoms with Gasteiger partial charge < -0.3 is 15.5 Å². The van der Waals surface area contributed by atoms with Gasteiger partial charge in [-0.05, 0) is 56.1 Å². The molecular formula is C25H37IN6O. The maximum atomic E-state index is 12.5. The zero-order valence-electron chi connectivity index (χ0n) is 19.8. The van der Waals surface area contributed by atoms with Crippen LogP contribution in [0.25, 0.3) is 0 Å². The first-order valence-electron chi connectivity index (χ1n) is 11.6. The second kappa shape index (κ2) is 14.8. The van der Waals surface area contributed by atoms with Crippen LogP contribution in [0.15, 0.2) is 53.7 Å². The predicted octanol–water partition coefficient (Wildman–Crippen LogP) is 3.05.